The largest absolute Gasteiger partial charge is 1.00 e. The molecule has 11 nitrogen and oxygen atoms in total. The van der Waals surface area contributed by atoms with E-state index in [9.17, 15) is 4.79 Å². The third-order valence-electron chi connectivity index (χ3n) is 7.04. The van der Waals surface area contributed by atoms with E-state index in [4.69, 9.17) is 42.0 Å². The van der Waals surface area contributed by atoms with Crippen molar-refractivity contribution in [3.8, 4) is 23.0 Å². The summed E-state index contributed by atoms with van der Waals surface area (Å²) in [5, 5.41) is 3.02. The molecule has 0 spiro atoms. The number of ether oxygens (including phenoxy) is 4. The quantitative estimate of drug-likeness (QED) is 0.246. The van der Waals surface area contributed by atoms with Crippen LogP contribution in [0.3, 0.4) is 0 Å². The maximum atomic E-state index is 13.0. The standard InChI is InChI=1S/C28H35ClN6O5.ClH/c1-37-20-5-9-22(10-6-20)39-16-14-35(15-17-40-23-11-7-21(38-2)8-12-23)13-3-4-19(18-35)32-28(36)24-26(30)34-27(31)25(29)33-24;/h5-12,19H,3-4,13-18H2,1-2H3,(H4-,30,31,32,34,36);1H. The number of anilines is 2. The predicted molar refractivity (Wildman–Crippen MR) is 153 cm³/mol. The Bertz CT molecular complexity index is 1230. The molecule has 3 aromatic rings. The molecule has 1 amide bonds. The summed E-state index contributed by atoms with van der Waals surface area (Å²) >= 11 is 5.99. The van der Waals surface area contributed by atoms with E-state index in [1.807, 2.05) is 48.5 Å². The van der Waals surface area contributed by atoms with Crippen molar-refractivity contribution in [3.05, 3.63) is 59.4 Å². The fourth-order valence-corrected chi connectivity index (χ4v) is 5.01. The van der Waals surface area contributed by atoms with Gasteiger partial charge in [0.15, 0.2) is 22.5 Å². The molecule has 4 rings (SSSR count). The van der Waals surface area contributed by atoms with Gasteiger partial charge in [0.1, 0.15) is 49.3 Å². The summed E-state index contributed by atoms with van der Waals surface area (Å²) in [7, 11) is 3.26. The number of carbonyl (C=O) groups excluding carboxylic acids is 1. The number of amides is 1. The number of nitrogen functional groups attached to an aromatic ring is 2. The zero-order chi connectivity index (χ0) is 28.5. The van der Waals surface area contributed by atoms with Crippen molar-refractivity contribution in [2.75, 3.05) is 65.1 Å². The highest BCUT2D eigenvalue weighted by Gasteiger charge is 2.36. The number of nitrogens with zero attached hydrogens (tertiary/aromatic N) is 3. The van der Waals surface area contributed by atoms with E-state index in [1.54, 1.807) is 14.2 Å². The topological polar surface area (TPSA) is 144 Å². The second-order valence-electron chi connectivity index (χ2n) is 9.69. The van der Waals surface area contributed by atoms with Gasteiger partial charge in [0.05, 0.1) is 33.4 Å². The number of piperidine rings is 1. The number of aromatic nitrogens is 2. The number of benzene rings is 2. The number of methoxy groups -OCH3 is 2. The Hall–Kier alpha value is -3.67. The molecule has 5 N–H and O–H groups in total. The monoisotopic (exact) mass is 606 g/mol. The van der Waals surface area contributed by atoms with Crippen LogP contribution in [0.15, 0.2) is 48.5 Å². The number of carbonyl (C=O) groups is 1. The summed E-state index contributed by atoms with van der Waals surface area (Å²) in [4.78, 5) is 21.0. The summed E-state index contributed by atoms with van der Waals surface area (Å²) in [6.45, 7) is 4.10. The van der Waals surface area contributed by atoms with Crippen LogP contribution in [0.1, 0.15) is 23.3 Å². The molecule has 0 aliphatic carbocycles. The van der Waals surface area contributed by atoms with Crippen molar-refractivity contribution in [1.82, 2.24) is 15.3 Å². The average molecular weight is 608 g/mol. The van der Waals surface area contributed by atoms with E-state index < -0.39 is 5.91 Å². The van der Waals surface area contributed by atoms with Crippen LogP contribution in [0.25, 0.3) is 0 Å². The molecule has 1 atom stereocenters. The van der Waals surface area contributed by atoms with E-state index in [0.717, 1.165) is 55.5 Å². The first kappa shape index (κ1) is 31.9. The molecule has 1 aromatic heterocycles. The lowest BCUT2D eigenvalue weighted by Gasteiger charge is -2.44. The summed E-state index contributed by atoms with van der Waals surface area (Å²) in [6.07, 6.45) is 1.74. The smallest absolute Gasteiger partial charge is 0.274 e. The number of nitrogens with one attached hydrogen (secondary N) is 1. The van der Waals surface area contributed by atoms with Gasteiger partial charge in [-0.3, -0.25) is 4.79 Å². The van der Waals surface area contributed by atoms with Crippen molar-refractivity contribution in [1.29, 1.82) is 0 Å². The minimum absolute atomic E-state index is 0. The van der Waals surface area contributed by atoms with Crippen molar-refractivity contribution >= 4 is 29.1 Å². The highest BCUT2D eigenvalue weighted by Crippen LogP contribution is 2.24. The number of nitrogens with two attached hydrogens (primary N) is 2. The van der Waals surface area contributed by atoms with Crippen LogP contribution in [0.2, 0.25) is 5.15 Å². The first-order chi connectivity index (χ1) is 19.3. The second kappa shape index (κ2) is 14.8. The van der Waals surface area contributed by atoms with Gasteiger partial charge in [-0.15, -0.1) is 0 Å². The van der Waals surface area contributed by atoms with Crippen LogP contribution >= 0.6 is 11.6 Å². The molecule has 2 heterocycles. The van der Waals surface area contributed by atoms with Crippen LogP contribution < -0.4 is 48.1 Å². The SMILES string of the molecule is COc1ccc(OCC[N+]2(CCOc3ccc(OC)cc3)CCCC(NC(=O)c3nc(Cl)c(N)nc3N)C2)cc1.[Cl-]. The lowest BCUT2D eigenvalue weighted by molar-refractivity contribution is -0.933. The summed E-state index contributed by atoms with van der Waals surface area (Å²) in [5.74, 6) is 2.58. The fraction of sp³-hybridized carbons (Fsp3) is 0.393. The molecule has 2 aromatic carbocycles. The van der Waals surface area contributed by atoms with E-state index in [-0.39, 0.29) is 40.9 Å². The van der Waals surface area contributed by atoms with Gasteiger partial charge in [-0.1, -0.05) is 11.6 Å². The molecule has 41 heavy (non-hydrogen) atoms. The van der Waals surface area contributed by atoms with Crippen LogP contribution in [0, 0.1) is 0 Å². The van der Waals surface area contributed by atoms with Crippen LogP contribution in [-0.2, 0) is 0 Å². The second-order valence-corrected chi connectivity index (χ2v) is 10.0. The lowest BCUT2D eigenvalue weighted by Crippen LogP contribution is -3.00. The van der Waals surface area contributed by atoms with Crippen molar-refractivity contribution < 1.29 is 40.6 Å². The Kier molecular flexibility index (Phi) is 11.5. The van der Waals surface area contributed by atoms with Gasteiger partial charge in [0.2, 0.25) is 0 Å². The molecule has 0 saturated carbocycles. The minimum Gasteiger partial charge on any atom is -1.00 e. The third-order valence-corrected chi connectivity index (χ3v) is 7.31. The summed E-state index contributed by atoms with van der Waals surface area (Å²) < 4.78 is 23.3. The first-order valence-electron chi connectivity index (χ1n) is 13.1. The van der Waals surface area contributed by atoms with E-state index >= 15 is 0 Å². The zero-order valence-corrected chi connectivity index (χ0v) is 24.7. The maximum absolute atomic E-state index is 13.0. The Morgan fingerprint density at radius 2 is 1.41 bits per heavy atom. The van der Waals surface area contributed by atoms with Gasteiger partial charge < -0.3 is 52.6 Å². The lowest BCUT2D eigenvalue weighted by atomic mass is 10.0. The maximum Gasteiger partial charge on any atom is 0.274 e. The van der Waals surface area contributed by atoms with Gasteiger partial charge in [0, 0.05) is 0 Å². The van der Waals surface area contributed by atoms with Crippen LogP contribution in [0.4, 0.5) is 11.6 Å². The number of likely N-dealkylation sites (tertiary alicyclic amines) is 1. The highest BCUT2D eigenvalue weighted by atomic mass is 35.5. The van der Waals surface area contributed by atoms with Crippen molar-refractivity contribution in [2.24, 2.45) is 0 Å². The molecular weight excluding hydrogens is 571 g/mol. The Morgan fingerprint density at radius 3 is 1.93 bits per heavy atom. The average Bonchev–Trinajstić information content (AvgIpc) is 2.96. The summed E-state index contributed by atoms with van der Waals surface area (Å²) in [5.41, 5.74) is 11.5. The van der Waals surface area contributed by atoms with E-state index in [2.05, 4.69) is 15.3 Å². The van der Waals surface area contributed by atoms with E-state index in [0.29, 0.717) is 24.2 Å². The highest BCUT2D eigenvalue weighted by molar-refractivity contribution is 6.31. The molecular formula is C28H36Cl2N6O5. The normalized spacial score (nSPS) is 15.7. The predicted octanol–water partition coefficient (Wildman–Crippen LogP) is 0.183. The molecule has 1 aliphatic heterocycles. The van der Waals surface area contributed by atoms with Gasteiger partial charge in [0.25, 0.3) is 5.91 Å². The zero-order valence-electron chi connectivity index (χ0n) is 23.1. The molecule has 222 valence electrons. The van der Waals surface area contributed by atoms with Crippen molar-refractivity contribution in [2.45, 2.75) is 18.9 Å². The van der Waals surface area contributed by atoms with Gasteiger partial charge in [-0.25, -0.2) is 9.97 Å². The Labute approximate surface area is 251 Å². The molecule has 1 unspecified atom stereocenters. The molecule has 13 heteroatoms. The third kappa shape index (κ3) is 8.66. The summed E-state index contributed by atoms with van der Waals surface area (Å²) in [6, 6.07) is 14.9. The van der Waals surface area contributed by atoms with Gasteiger partial charge >= 0.3 is 0 Å². The first-order valence-corrected chi connectivity index (χ1v) is 13.5. The number of quaternary nitrogens is 1. The number of hydrogen-bond donors (Lipinski definition) is 3. The van der Waals surface area contributed by atoms with E-state index in [1.165, 1.54) is 0 Å². The van der Waals surface area contributed by atoms with Gasteiger partial charge in [-0.05, 0) is 61.4 Å². The number of hydrogen-bond acceptors (Lipinski definition) is 9. The molecule has 0 radical (unpaired) electrons. The van der Waals surface area contributed by atoms with Crippen LogP contribution in [0.5, 0.6) is 23.0 Å². The van der Waals surface area contributed by atoms with Crippen molar-refractivity contribution in [3.63, 3.8) is 0 Å². The number of rotatable bonds is 12. The Balaban J connectivity index is 0.00000462. The Morgan fingerprint density at radius 1 is 0.902 bits per heavy atom. The molecule has 0 bridgehead atoms. The fourth-order valence-electron chi connectivity index (χ4n) is 4.88. The molecule has 1 aliphatic rings. The minimum atomic E-state index is -0.430. The molecule has 1 fully saturated rings. The van der Waals surface area contributed by atoms with Gasteiger partial charge in [-0.2, -0.15) is 0 Å². The molecule has 1 saturated heterocycles. The number of halogens is 2. The van der Waals surface area contributed by atoms with Crippen LogP contribution in [-0.4, -0.2) is 80.0 Å².